The molecule has 0 radical (unpaired) electrons. The van der Waals surface area contributed by atoms with Gasteiger partial charge in [0.1, 0.15) is 0 Å². The monoisotopic (exact) mass is 345 g/mol. The summed E-state index contributed by atoms with van der Waals surface area (Å²) in [6.45, 7) is 5.30. The van der Waals surface area contributed by atoms with Crippen molar-refractivity contribution >= 4 is 38.8 Å². The molecule has 0 fully saturated rings. The molecule has 2 heterocycles. The van der Waals surface area contributed by atoms with Gasteiger partial charge in [-0.2, -0.15) is 11.3 Å². The van der Waals surface area contributed by atoms with Gasteiger partial charge in [0.15, 0.2) is 0 Å². The first-order valence-electron chi connectivity index (χ1n) is 6.04. The Morgan fingerprint density at radius 2 is 2.22 bits per heavy atom. The molecule has 0 aromatic carbocycles. The van der Waals surface area contributed by atoms with Crippen LogP contribution in [0.3, 0.4) is 0 Å². The molecule has 1 unspecified atom stereocenters. The molecule has 0 saturated carbocycles. The third-order valence-electron chi connectivity index (χ3n) is 2.73. The molecule has 0 aliphatic heterocycles. The predicted molar refractivity (Wildman–Crippen MR) is 81.4 cm³/mol. The van der Waals surface area contributed by atoms with Gasteiger partial charge in [-0.05, 0) is 57.8 Å². The van der Waals surface area contributed by atoms with E-state index in [-0.39, 0.29) is 6.04 Å². The standard InChI is InChI=1S/C12H16BrN3S2/c1-3-5-14-11(8-6-17-7-9(8)13)12-10(4-2)15-16-18-12/h6-7,11,14H,3-5H2,1-2H3. The van der Waals surface area contributed by atoms with E-state index in [0.29, 0.717) is 0 Å². The van der Waals surface area contributed by atoms with E-state index in [4.69, 9.17) is 0 Å². The van der Waals surface area contributed by atoms with E-state index in [1.165, 1.54) is 22.0 Å². The van der Waals surface area contributed by atoms with Crippen molar-refractivity contribution in [1.29, 1.82) is 0 Å². The summed E-state index contributed by atoms with van der Waals surface area (Å²) in [4.78, 5) is 1.24. The Bertz CT molecular complexity index is 495. The highest BCUT2D eigenvalue weighted by Gasteiger charge is 2.22. The summed E-state index contributed by atoms with van der Waals surface area (Å²) in [5.74, 6) is 0. The highest BCUT2D eigenvalue weighted by Crippen LogP contribution is 2.34. The summed E-state index contributed by atoms with van der Waals surface area (Å²) >= 11 is 6.84. The van der Waals surface area contributed by atoms with E-state index in [9.17, 15) is 0 Å². The first-order chi connectivity index (χ1) is 8.77. The number of hydrogen-bond acceptors (Lipinski definition) is 5. The van der Waals surface area contributed by atoms with Crippen molar-refractivity contribution in [3.05, 3.63) is 31.4 Å². The van der Waals surface area contributed by atoms with Gasteiger partial charge in [0.2, 0.25) is 0 Å². The van der Waals surface area contributed by atoms with Gasteiger partial charge in [-0.3, -0.25) is 0 Å². The number of thiophene rings is 1. The predicted octanol–water partition coefficient (Wildman–Crippen LogP) is 4.01. The van der Waals surface area contributed by atoms with Crippen LogP contribution in [0.1, 0.15) is 42.4 Å². The third-order valence-corrected chi connectivity index (χ3v) is 5.32. The first kappa shape index (κ1) is 14.1. The first-order valence-corrected chi connectivity index (χ1v) is 8.54. The van der Waals surface area contributed by atoms with Crippen molar-refractivity contribution in [1.82, 2.24) is 14.9 Å². The Kier molecular flexibility index (Phi) is 5.29. The van der Waals surface area contributed by atoms with Crippen molar-refractivity contribution in [2.24, 2.45) is 0 Å². The quantitative estimate of drug-likeness (QED) is 0.859. The minimum absolute atomic E-state index is 0.209. The smallest absolute Gasteiger partial charge is 0.0804 e. The summed E-state index contributed by atoms with van der Waals surface area (Å²) in [6, 6.07) is 0.209. The van der Waals surface area contributed by atoms with E-state index >= 15 is 0 Å². The summed E-state index contributed by atoms with van der Waals surface area (Å²) in [5, 5.41) is 12.1. The molecule has 2 aromatic rings. The summed E-state index contributed by atoms with van der Waals surface area (Å²) < 4.78 is 5.26. The average Bonchev–Trinajstić information content (AvgIpc) is 2.99. The van der Waals surface area contributed by atoms with Crippen LogP contribution in [0.25, 0.3) is 0 Å². The van der Waals surface area contributed by atoms with Crippen LogP contribution in [0, 0.1) is 0 Å². The van der Waals surface area contributed by atoms with E-state index in [1.807, 2.05) is 0 Å². The Morgan fingerprint density at radius 1 is 1.39 bits per heavy atom. The molecule has 0 saturated heterocycles. The Morgan fingerprint density at radius 3 is 2.83 bits per heavy atom. The number of rotatable bonds is 6. The lowest BCUT2D eigenvalue weighted by atomic mass is 10.1. The zero-order valence-corrected chi connectivity index (χ0v) is 13.7. The molecular formula is C12H16BrN3S2. The van der Waals surface area contributed by atoms with Gasteiger partial charge < -0.3 is 5.32 Å². The molecule has 0 aliphatic carbocycles. The Balaban J connectivity index is 2.34. The molecule has 98 valence electrons. The topological polar surface area (TPSA) is 37.8 Å². The molecule has 2 aromatic heterocycles. The van der Waals surface area contributed by atoms with Gasteiger partial charge in [0.05, 0.1) is 16.6 Å². The molecule has 1 atom stereocenters. The molecule has 6 heteroatoms. The summed E-state index contributed by atoms with van der Waals surface area (Å²) in [6.07, 6.45) is 2.05. The van der Waals surface area contributed by atoms with Crippen LogP contribution in [0.4, 0.5) is 0 Å². The van der Waals surface area contributed by atoms with Crippen molar-refractivity contribution in [3.63, 3.8) is 0 Å². The minimum Gasteiger partial charge on any atom is -0.305 e. The van der Waals surface area contributed by atoms with Crippen LogP contribution in [0.5, 0.6) is 0 Å². The zero-order chi connectivity index (χ0) is 13.0. The van der Waals surface area contributed by atoms with Gasteiger partial charge in [-0.1, -0.05) is 18.3 Å². The van der Waals surface area contributed by atoms with Crippen LogP contribution >= 0.6 is 38.8 Å². The van der Waals surface area contributed by atoms with Crippen LogP contribution in [0.2, 0.25) is 0 Å². The fraction of sp³-hybridized carbons (Fsp3) is 0.500. The maximum atomic E-state index is 4.22. The van der Waals surface area contributed by atoms with Gasteiger partial charge in [0, 0.05) is 9.85 Å². The van der Waals surface area contributed by atoms with Gasteiger partial charge in [0.25, 0.3) is 0 Å². The van der Waals surface area contributed by atoms with Gasteiger partial charge >= 0.3 is 0 Å². The van der Waals surface area contributed by atoms with E-state index in [0.717, 1.165) is 29.6 Å². The number of aryl methyl sites for hydroxylation is 1. The van der Waals surface area contributed by atoms with Crippen molar-refractivity contribution < 1.29 is 0 Å². The molecule has 2 rings (SSSR count). The van der Waals surface area contributed by atoms with E-state index < -0.39 is 0 Å². The molecule has 0 aliphatic rings. The maximum Gasteiger partial charge on any atom is 0.0804 e. The zero-order valence-electron chi connectivity index (χ0n) is 10.4. The van der Waals surface area contributed by atoms with Crippen LogP contribution in [-0.4, -0.2) is 16.1 Å². The molecule has 1 N–H and O–H groups in total. The Hall–Kier alpha value is -0.300. The number of hydrogen-bond donors (Lipinski definition) is 1. The minimum atomic E-state index is 0.209. The van der Waals surface area contributed by atoms with E-state index in [2.05, 4.69) is 55.4 Å². The fourth-order valence-electron chi connectivity index (χ4n) is 1.81. The number of aromatic nitrogens is 2. The number of halogens is 1. The maximum absolute atomic E-state index is 4.22. The lowest BCUT2D eigenvalue weighted by Crippen LogP contribution is -2.23. The highest BCUT2D eigenvalue weighted by molar-refractivity contribution is 9.10. The molecule has 3 nitrogen and oxygen atoms in total. The molecule has 0 bridgehead atoms. The lowest BCUT2D eigenvalue weighted by Gasteiger charge is -2.17. The molecular weight excluding hydrogens is 330 g/mol. The van der Waals surface area contributed by atoms with Crippen molar-refractivity contribution in [2.45, 2.75) is 32.7 Å². The summed E-state index contributed by atoms with van der Waals surface area (Å²) in [5.41, 5.74) is 2.39. The second-order valence-electron chi connectivity index (χ2n) is 4.00. The van der Waals surface area contributed by atoms with Crippen LogP contribution in [0.15, 0.2) is 15.2 Å². The van der Waals surface area contributed by atoms with Crippen molar-refractivity contribution in [2.75, 3.05) is 6.54 Å². The molecule has 0 amide bonds. The molecule has 18 heavy (non-hydrogen) atoms. The van der Waals surface area contributed by atoms with E-state index in [1.54, 1.807) is 11.3 Å². The highest BCUT2D eigenvalue weighted by atomic mass is 79.9. The lowest BCUT2D eigenvalue weighted by molar-refractivity contribution is 0.600. The summed E-state index contributed by atoms with van der Waals surface area (Å²) in [7, 11) is 0. The fourth-order valence-corrected chi connectivity index (χ4v) is 4.20. The second-order valence-corrected chi connectivity index (χ2v) is 6.38. The SMILES string of the molecule is CCCNC(c1cscc1Br)c1snnc1CC. The number of nitrogens with one attached hydrogen (secondary N) is 1. The Labute approximate surface area is 124 Å². The van der Waals surface area contributed by atoms with Crippen LogP contribution in [-0.2, 0) is 6.42 Å². The van der Waals surface area contributed by atoms with Crippen LogP contribution < -0.4 is 5.32 Å². The largest absolute Gasteiger partial charge is 0.305 e. The second kappa shape index (κ2) is 6.75. The molecule has 0 spiro atoms. The van der Waals surface area contributed by atoms with Gasteiger partial charge in [-0.15, -0.1) is 5.10 Å². The third kappa shape index (κ3) is 2.99. The normalized spacial score (nSPS) is 12.8. The number of nitrogens with zero attached hydrogens (tertiary/aromatic N) is 2. The van der Waals surface area contributed by atoms with Gasteiger partial charge in [-0.25, -0.2) is 0 Å². The average molecular weight is 346 g/mol. The van der Waals surface area contributed by atoms with Crippen molar-refractivity contribution in [3.8, 4) is 0 Å².